The number of nitrogens with zero attached hydrogens (tertiary/aromatic N) is 1. The summed E-state index contributed by atoms with van der Waals surface area (Å²) in [6.45, 7) is 24.7. The van der Waals surface area contributed by atoms with Gasteiger partial charge in [-0.3, -0.25) is 9.78 Å². The Labute approximate surface area is 352 Å². The second kappa shape index (κ2) is 18.2. The van der Waals surface area contributed by atoms with Gasteiger partial charge in [-0.1, -0.05) is 167 Å². The zero-order valence-corrected chi connectivity index (χ0v) is 38.0. The van der Waals surface area contributed by atoms with Crippen molar-refractivity contribution in [1.82, 2.24) is 4.98 Å². The second-order valence-corrected chi connectivity index (χ2v) is 18.4. The van der Waals surface area contributed by atoms with Gasteiger partial charge in [0.25, 0.3) is 0 Å². The Bertz CT molecular complexity index is 2170. The summed E-state index contributed by atoms with van der Waals surface area (Å²) in [4.78, 5) is 16.1. The summed E-state index contributed by atoms with van der Waals surface area (Å²) in [6, 6.07) is 30.6. The SMILES string of the molecule is CC(C)(C)Cc1ccc(-c2ccc(-c3cc(-c4[c-]c5ccccc5c(C(C)(C)C)c4)ncc3C(F)(F)F)cc2)cc1.CCC(C)(C)C(=O)C=C(O)C(C)(C)CC.[Ir]. The van der Waals surface area contributed by atoms with E-state index in [1.165, 1.54) is 11.6 Å². The maximum absolute atomic E-state index is 14.1. The summed E-state index contributed by atoms with van der Waals surface area (Å²) in [5.74, 6) is 0.195. The molecule has 4 aromatic carbocycles. The number of carbonyl (C=O) groups excluding carboxylic acids is 1. The number of hydrogen-bond donors (Lipinski definition) is 1. The number of alkyl halides is 3. The number of carbonyl (C=O) groups is 1. The number of rotatable bonds is 9. The first-order valence-electron chi connectivity index (χ1n) is 19.5. The third kappa shape index (κ3) is 12.2. The van der Waals surface area contributed by atoms with Gasteiger partial charge >= 0.3 is 6.18 Å². The van der Waals surface area contributed by atoms with E-state index in [1.54, 1.807) is 18.2 Å². The third-order valence-corrected chi connectivity index (χ3v) is 10.7. The average molecular weight is 955 g/mol. The molecule has 0 saturated heterocycles. The number of allylic oxidation sites excluding steroid dienone is 2. The minimum absolute atomic E-state index is 0. The van der Waals surface area contributed by atoms with Crippen molar-refractivity contribution in [2.45, 2.75) is 114 Å². The van der Waals surface area contributed by atoms with Crippen molar-refractivity contribution in [1.29, 1.82) is 0 Å². The van der Waals surface area contributed by atoms with Gasteiger partial charge < -0.3 is 5.11 Å². The topological polar surface area (TPSA) is 50.2 Å². The van der Waals surface area contributed by atoms with Crippen LogP contribution in [0.15, 0.2) is 103 Å². The van der Waals surface area contributed by atoms with Gasteiger partial charge in [0.15, 0.2) is 5.78 Å². The van der Waals surface area contributed by atoms with Gasteiger partial charge in [-0.15, -0.1) is 29.1 Å². The molecule has 1 N–H and O–H groups in total. The smallest absolute Gasteiger partial charge is 0.418 e. The largest absolute Gasteiger partial charge is 0.512 e. The molecule has 0 unspecified atom stereocenters. The zero-order valence-electron chi connectivity index (χ0n) is 35.6. The van der Waals surface area contributed by atoms with E-state index < -0.39 is 11.7 Å². The third-order valence-electron chi connectivity index (χ3n) is 10.7. The minimum atomic E-state index is -4.54. The molecular weight excluding hydrogens is 896 g/mol. The van der Waals surface area contributed by atoms with Crippen molar-refractivity contribution >= 4 is 16.6 Å². The molecule has 0 aliphatic carbocycles. The molecule has 3 nitrogen and oxygen atoms in total. The maximum atomic E-state index is 14.1. The van der Waals surface area contributed by atoms with Crippen LogP contribution in [0.2, 0.25) is 0 Å². The standard InChI is InChI=1S/C37H35F3N.C13H24O2.Ir/c1-35(2,3)22-24-11-13-25(14-12-24)26-15-17-27(18-16-26)31-21-34(41-23-33(31)37(38,39)40)29-19-28-9-7-8-10-30(28)32(20-29)36(4,5)6;1-7-12(3,4)10(14)9-11(15)13(5,6)8-2;/h7-18,20-21,23H,22H2,1-6H3;9,14H,7-8H2,1-6H3;/q-1;;. The van der Waals surface area contributed by atoms with E-state index in [1.807, 2.05) is 77.9 Å². The number of benzene rings is 4. The number of ketones is 1. The maximum Gasteiger partial charge on any atom is 0.418 e. The molecule has 1 radical (unpaired) electrons. The predicted octanol–water partition coefficient (Wildman–Crippen LogP) is 14.8. The molecular formula is C50H59F3IrNO2-. The average Bonchev–Trinajstić information content (AvgIpc) is 3.13. The molecule has 0 fully saturated rings. The van der Waals surface area contributed by atoms with Gasteiger partial charge in [-0.05, 0) is 57.9 Å². The van der Waals surface area contributed by atoms with E-state index in [9.17, 15) is 23.1 Å². The van der Waals surface area contributed by atoms with Crippen LogP contribution in [0.4, 0.5) is 13.2 Å². The van der Waals surface area contributed by atoms with Crippen LogP contribution in [0, 0.1) is 22.3 Å². The number of halogens is 3. The zero-order chi connectivity index (χ0) is 41.9. The minimum Gasteiger partial charge on any atom is -0.512 e. The van der Waals surface area contributed by atoms with Crippen LogP contribution < -0.4 is 0 Å². The monoisotopic (exact) mass is 955 g/mol. The van der Waals surface area contributed by atoms with Crippen molar-refractivity contribution in [2.75, 3.05) is 0 Å². The molecule has 0 aliphatic heterocycles. The molecule has 0 atom stereocenters. The number of pyridine rings is 1. The van der Waals surface area contributed by atoms with Gasteiger partial charge in [-0.2, -0.15) is 13.2 Å². The quantitative estimate of drug-likeness (QED) is 0.0910. The molecule has 0 saturated carbocycles. The Balaban J connectivity index is 0.000000464. The van der Waals surface area contributed by atoms with Crippen LogP contribution in [-0.4, -0.2) is 15.9 Å². The fourth-order valence-electron chi connectivity index (χ4n) is 6.20. The number of aliphatic hydroxyl groups excluding tert-OH is 1. The van der Waals surface area contributed by atoms with E-state index in [-0.39, 0.29) is 58.9 Å². The first kappa shape index (κ1) is 47.3. The van der Waals surface area contributed by atoms with Crippen LogP contribution in [0.1, 0.15) is 113 Å². The molecule has 5 rings (SSSR count). The first-order valence-corrected chi connectivity index (χ1v) is 19.5. The van der Waals surface area contributed by atoms with Crippen molar-refractivity contribution in [3.8, 4) is 33.5 Å². The fraction of sp³-hybridized carbons (Fsp3) is 0.400. The summed E-state index contributed by atoms with van der Waals surface area (Å²) in [5.41, 5.74) is 4.67. The van der Waals surface area contributed by atoms with Crippen LogP contribution in [-0.2, 0) is 42.9 Å². The molecule has 1 heterocycles. The van der Waals surface area contributed by atoms with E-state index in [2.05, 4.69) is 82.9 Å². The number of hydrogen-bond acceptors (Lipinski definition) is 3. The molecule has 0 amide bonds. The Morgan fingerprint density at radius 2 is 1.25 bits per heavy atom. The van der Waals surface area contributed by atoms with Gasteiger partial charge in [0, 0.05) is 48.9 Å². The molecule has 0 aliphatic rings. The predicted molar refractivity (Wildman–Crippen MR) is 228 cm³/mol. The number of fused-ring (bicyclic) bond motifs is 1. The number of aromatic nitrogens is 1. The van der Waals surface area contributed by atoms with Gasteiger partial charge in [0.05, 0.1) is 5.56 Å². The van der Waals surface area contributed by atoms with Crippen LogP contribution in [0.25, 0.3) is 44.3 Å². The molecule has 7 heteroatoms. The summed E-state index contributed by atoms with van der Waals surface area (Å²) >= 11 is 0. The summed E-state index contributed by atoms with van der Waals surface area (Å²) in [7, 11) is 0. The van der Waals surface area contributed by atoms with E-state index in [0.29, 0.717) is 16.8 Å². The fourth-order valence-corrected chi connectivity index (χ4v) is 6.20. The summed E-state index contributed by atoms with van der Waals surface area (Å²) < 4.78 is 42.4. The van der Waals surface area contributed by atoms with Crippen LogP contribution in [0.3, 0.4) is 0 Å². The molecule has 1 aromatic heterocycles. The van der Waals surface area contributed by atoms with Gasteiger partial charge in [0.1, 0.15) is 5.76 Å². The van der Waals surface area contributed by atoms with E-state index in [0.717, 1.165) is 52.9 Å². The van der Waals surface area contributed by atoms with E-state index in [4.69, 9.17) is 0 Å². The molecule has 307 valence electrons. The van der Waals surface area contributed by atoms with Crippen molar-refractivity contribution in [3.05, 3.63) is 126 Å². The second-order valence-electron chi connectivity index (χ2n) is 18.4. The Kier molecular flexibility index (Phi) is 15.1. The normalized spacial score (nSPS) is 12.8. The van der Waals surface area contributed by atoms with Crippen LogP contribution in [0.5, 0.6) is 0 Å². The van der Waals surface area contributed by atoms with Gasteiger partial charge in [-0.25, -0.2) is 0 Å². The first-order chi connectivity index (χ1) is 25.9. The Morgan fingerprint density at radius 1 is 0.719 bits per heavy atom. The van der Waals surface area contributed by atoms with Crippen molar-refractivity contribution in [2.24, 2.45) is 16.2 Å². The summed E-state index contributed by atoms with van der Waals surface area (Å²) in [5, 5.41) is 11.8. The molecule has 57 heavy (non-hydrogen) atoms. The summed E-state index contributed by atoms with van der Waals surface area (Å²) in [6.07, 6.45) is 0.380. The molecule has 5 aromatic rings. The Morgan fingerprint density at radius 3 is 1.75 bits per heavy atom. The van der Waals surface area contributed by atoms with Crippen LogP contribution >= 0.6 is 0 Å². The molecule has 0 bridgehead atoms. The van der Waals surface area contributed by atoms with Crippen molar-refractivity contribution in [3.63, 3.8) is 0 Å². The van der Waals surface area contributed by atoms with E-state index >= 15 is 0 Å². The Hall–Kier alpha value is -4.06. The number of aliphatic hydroxyl groups is 1. The van der Waals surface area contributed by atoms with Crippen molar-refractivity contribution < 1.29 is 43.2 Å². The molecule has 0 spiro atoms. The van der Waals surface area contributed by atoms with Gasteiger partial charge in [0.2, 0.25) is 0 Å².